The van der Waals surface area contributed by atoms with Crippen LogP contribution in [0.25, 0.3) is 0 Å². The third kappa shape index (κ3) is 3.29. The van der Waals surface area contributed by atoms with Gasteiger partial charge in [-0.2, -0.15) is 0 Å². The number of aromatic carboxylic acids is 1. The van der Waals surface area contributed by atoms with E-state index in [-0.39, 0.29) is 28.2 Å². The lowest BCUT2D eigenvalue weighted by atomic mass is 10.1. The van der Waals surface area contributed by atoms with E-state index in [1.165, 1.54) is 35.0 Å². The van der Waals surface area contributed by atoms with Gasteiger partial charge in [0.2, 0.25) is 0 Å². The van der Waals surface area contributed by atoms with Crippen LogP contribution >= 0.6 is 23.2 Å². The number of amides is 1. The number of aromatic nitrogens is 1. The smallest absolute Gasteiger partial charge is 0.336 e. The van der Waals surface area contributed by atoms with E-state index in [9.17, 15) is 14.7 Å². The number of nitrogens with two attached hydrogens (primary N) is 1. The van der Waals surface area contributed by atoms with Crippen LogP contribution in [0.5, 0.6) is 0 Å². The Hall–Kier alpha value is -2.31. The Morgan fingerprint density at radius 3 is 2.45 bits per heavy atom. The van der Waals surface area contributed by atoms with Gasteiger partial charge in [0, 0.05) is 17.8 Å². The lowest BCUT2D eigenvalue weighted by Crippen LogP contribution is -2.30. The number of hydrogen-bond acceptors (Lipinski definition) is 3. The van der Waals surface area contributed by atoms with Gasteiger partial charge in [0.1, 0.15) is 5.49 Å². The summed E-state index contributed by atoms with van der Waals surface area (Å²) in [5.41, 5.74) is 5.43. The molecule has 1 aromatic carbocycles. The topological polar surface area (TPSA) is 109 Å². The number of pyridine rings is 1. The zero-order chi connectivity index (χ0) is 16.4. The molecule has 0 spiro atoms. The Kier molecular flexibility index (Phi) is 4.54. The van der Waals surface area contributed by atoms with E-state index in [0.29, 0.717) is 10.6 Å². The first-order chi connectivity index (χ1) is 10.3. The zero-order valence-electron chi connectivity index (χ0n) is 11.1. The molecule has 0 fully saturated rings. The lowest BCUT2D eigenvalue weighted by Gasteiger charge is -2.12. The zero-order valence-corrected chi connectivity index (χ0v) is 12.6. The first-order valence-electron chi connectivity index (χ1n) is 6.05. The summed E-state index contributed by atoms with van der Waals surface area (Å²) in [7, 11) is 0. The fraction of sp³-hybridized carbons (Fsp3) is 0.0714. The number of carboxylic acid groups (broad SMARTS) is 1. The van der Waals surface area contributed by atoms with Gasteiger partial charge >= 0.3 is 5.97 Å². The Morgan fingerprint density at radius 2 is 1.86 bits per heavy atom. The summed E-state index contributed by atoms with van der Waals surface area (Å²) >= 11 is 11.8. The van der Waals surface area contributed by atoms with Gasteiger partial charge in [0.25, 0.3) is 5.91 Å². The minimum atomic E-state index is -1.11. The van der Waals surface area contributed by atoms with Gasteiger partial charge in [-0.1, -0.05) is 23.2 Å². The number of nitrogens with one attached hydrogen (secondary N) is 1. The van der Waals surface area contributed by atoms with Crippen molar-refractivity contribution in [1.29, 1.82) is 5.41 Å². The number of nitrogens with zero attached hydrogens (tertiary/aromatic N) is 1. The average molecular weight is 340 g/mol. The summed E-state index contributed by atoms with van der Waals surface area (Å²) in [6, 6.07) is 5.62. The fourth-order valence-electron chi connectivity index (χ4n) is 2.01. The van der Waals surface area contributed by atoms with Gasteiger partial charge in [-0.15, -0.1) is 0 Å². The molecule has 0 aliphatic carbocycles. The number of benzene rings is 1. The number of halogens is 2. The van der Waals surface area contributed by atoms with Crippen LogP contribution in [-0.4, -0.2) is 21.6 Å². The van der Waals surface area contributed by atoms with Crippen LogP contribution in [0.2, 0.25) is 10.0 Å². The SMILES string of the molecule is N=c1c(C(N)=O)cc(Cl)cn1Cc1cc(Cl)ccc1C(=O)O. The van der Waals surface area contributed by atoms with Crippen molar-refractivity contribution >= 4 is 35.1 Å². The van der Waals surface area contributed by atoms with E-state index in [0.717, 1.165) is 0 Å². The van der Waals surface area contributed by atoms with Gasteiger partial charge in [0.15, 0.2) is 0 Å². The number of primary amides is 1. The molecule has 0 saturated carbocycles. The molecule has 22 heavy (non-hydrogen) atoms. The molecule has 0 radical (unpaired) electrons. The molecular formula is C14H11Cl2N3O3. The normalized spacial score (nSPS) is 10.5. The third-order valence-corrected chi connectivity index (χ3v) is 3.45. The van der Waals surface area contributed by atoms with Crippen molar-refractivity contribution in [3.05, 3.63) is 62.7 Å². The molecule has 114 valence electrons. The van der Waals surface area contributed by atoms with E-state index >= 15 is 0 Å². The van der Waals surface area contributed by atoms with E-state index in [1.807, 2.05) is 0 Å². The first kappa shape index (κ1) is 16.1. The second-order valence-electron chi connectivity index (χ2n) is 4.52. The molecule has 2 rings (SSSR count). The number of carbonyl (C=O) groups excluding carboxylic acids is 1. The summed E-state index contributed by atoms with van der Waals surface area (Å²) in [6.45, 7) is 0.0157. The van der Waals surface area contributed by atoms with Crippen LogP contribution in [-0.2, 0) is 6.54 Å². The Bertz CT molecular complexity index is 831. The Labute approximate surface area is 135 Å². The molecule has 1 aromatic heterocycles. The van der Waals surface area contributed by atoms with Crippen molar-refractivity contribution < 1.29 is 14.7 Å². The van der Waals surface area contributed by atoms with Gasteiger partial charge in [-0.25, -0.2) is 4.79 Å². The van der Waals surface area contributed by atoms with Crippen LogP contribution < -0.4 is 11.2 Å². The number of hydrogen-bond donors (Lipinski definition) is 3. The third-order valence-electron chi connectivity index (χ3n) is 3.01. The summed E-state index contributed by atoms with van der Waals surface area (Å²) in [5, 5.41) is 17.8. The summed E-state index contributed by atoms with van der Waals surface area (Å²) in [6.07, 6.45) is 1.42. The summed E-state index contributed by atoms with van der Waals surface area (Å²) in [4.78, 5) is 22.6. The van der Waals surface area contributed by atoms with E-state index in [4.69, 9.17) is 34.3 Å². The lowest BCUT2D eigenvalue weighted by molar-refractivity contribution is 0.0695. The number of rotatable bonds is 4. The largest absolute Gasteiger partial charge is 0.478 e. The monoisotopic (exact) mass is 339 g/mol. The second kappa shape index (κ2) is 6.21. The van der Waals surface area contributed by atoms with Crippen molar-refractivity contribution in [2.24, 2.45) is 5.73 Å². The predicted octanol–water partition coefficient (Wildman–Crippen LogP) is 2.12. The van der Waals surface area contributed by atoms with Gasteiger partial charge in [0.05, 0.1) is 16.1 Å². The highest BCUT2D eigenvalue weighted by molar-refractivity contribution is 6.31. The van der Waals surface area contributed by atoms with Crippen molar-refractivity contribution in [2.75, 3.05) is 0 Å². The molecular weight excluding hydrogens is 329 g/mol. The number of carbonyl (C=O) groups is 2. The minimum absolute atomic E-state index is 0.0157. The second-order valence-corrected chi connectivity index (χ2v) is 5.39. The molecule has 0 saturated heterocycles. The highest BCUT2D eigenvalue weighted by atomic mass is 35.5. The van der Waals surface area contributed by atoms with Crippen molar-refractivity contribution in [3.8, 4) is 0 Å². The maximum Gasteiger partial charge on any atom is 0.336 e. The van der Waals surface area contributed by atoms with Crippen LogP contribution in [0, 0.1) is 5.41 Å². The summed E-state index contributed by atoms with van der Waals surface area (Å²) in [5.74, 6) is -1.90. The van der Waals surface area contributed by atoms with Crippen LogP contribution in [0.15, 0.2) is 30.5 Å². The molecule has 0 unspecified atom stereocenters. The highest BCUT2D eigenvalue weighted by Gasteiger charge is 2.13. The summed E-state index contributed by atoms with van der Waals surface area (Å²) < 4.78 is 1.33. The standard InChI is InChI=1S/C14H11Cl2N3O3/c15-8-1-2-10(14(21)22)7(3-8)5-19-6-9(16)4-11(12(19)17)13(18)20/h1-4,6,17H,5H2,(H2,18,20)(H,21,22). The minimum Gasteiger partial charge on any atom is -0.478 e. The molecule has 0 bridgehead atoms. The average Bonchev–Trinajstić information content (AvgIpc) is 2.41. The van der Waals surface area contributed by atoms with Gasteiger partial charge in [-0.05, 0) is 29.8 Å². The highest BCUT2D eigenvalue weighted by Crippen LogP contribution is 2.18. The molecule has 1 amide bonds. The van der Waals surface area contributed by atoms with Gasteiger partial charge < -0.3 is 15.4 Å². The predicted molar refractivity (Wildman–Crippen MR) is 81.3 cm³/mol. The maximum absolute atomic E-state index is 11.3. The maximum atomic E-state index is 11.3. The Morgan fingerprint density at radius 1 is 1.18 bits per heavy atom. The van der Waals surface area contributed by atoms with Crippen LogP contribution in [0.1, 0.15) is 26.3 Å². The molecule has 0 aliphatic heterocycles. The molecule has 6 nitrogen and oxygen atoms in total. The Balaban J connectivity index is 2.57. The van der Waals surface area contributed by atoms with E-state index in [1.54, 1.807) is 0 Å². The van der Waals surface area contributed by atoms with Crippen molar-refractivity contribution in [3.63, 3.8) is 0 Å². The van der Waals surface area contributed by atoms with E-state index in [2.05, 4.69) is 0 Å². The molecule has 0 aliphatic rings. The fourth-order valence-corrected chi connectivity index (χ4v) is 2.43. The molecule has 8 heteroatoms. The molecule has 4 N–H and O–H groups in total. The molecule has 0 atom stereocenters. The number of carboxylic acids is 1. The molecule has 1 heterocycles. The quantitative estimate of drug-likeness (QED) is 0.793. The first-order valence-corrected chi connectivity index (χ1v) is 6.81. The van der Waals surface area contributed by atoms with Crippen molar-refractivity contribution in [2.45, 2.75) is 6.54 Å². The van der Waals surface area contributed by atoms with Crippen LogP contribution in [0.3, 0.4) is 0 Å². The van der Waals surface area contributed by atoms with Gasteiger partial charge in [-0.3, -0.25) is 10.2 Å². The van der Waals surface area contributed by atoms with Crippen molar-refractivity contribution in [1.82, 2.24) is 4.57 Å². The van der Waals surface area contributed by atoms with E-state index < -0.39 is 11.9 Å². The van der Waals surface area contributed by atoms with Crippen LogP contribution in [0.4, 0.5) is 0 Å². The molecule has 2 aromatic rings.